The Labute approximate surface area is 161 Å². The average Bonchev–Trinajstić information content (AvgIpc) is 2.99. The number of benzene rings is 1. The van der Waals surface area contributed by atoms with E-state index in [1.165, 1.54) is 19.2 Å². The van der Waals surface area contributed by atoms with E-state index in [9.17, 15) is 13.6 Å². The van der Waals surface area contributed by atoms with Crippen molar-refractivity contribution in [2.75, 3.05) is 33.3 Å². The number of ether oxygens (including phenoxy) is 2. The van der Waals surface area contributed by atoms with Crippen LogP contribution in [0.4, 0.5) is 8.78 Å². The van der Waals surface area contributed by atoms with E-state index in [2.05, 4.69) is 14.8 Å². The van der Waals surface area contributed by atoms with Crippen molar-refractivity contribution in [2.45, 2.75) is 27.0 Å². The van der Waals surface area contributed by atoms with E-state index < -0.39 is 6.61 Å². The normalized spacial score (nSPS) is 15.1. The topological polar surface area (TPSA) is 68.0 Å². The van der Waals surface area contributed by atoms with Gasteiger partial charge in [-0.2, -0.15) is 8.78 Å². The van der Waals surface area contributed by atoms with Crippen molar-refractivity contribution in [2.24, 2.45) is 0 Å². The molecule has 152 valence electrons. The van der Waals surface area contributed by atoms with Crippen LogP contribution in [0, 0.1) is 13.8 Å². The van der Waals surface area contributed by atoms with Gasteiger partial charge in [0.1, 0.15) is 5.76 Å². The number of aromatic nitrogens is 1. The van der Waals surface area contributed by atoms with Gasteiger partial charge in [-0.05, 0) is 32.0 Å². The van der Waals surface area contributed by atoms with Crippen LogP contribution < -0.4 is 9.47 Å². The van der Waals surface area contributed by atoms with E-state index in [1.807, 2.05) is 13.8 Å². The van der Waals surface area contributed by atoms with Crippen molar-refractivity contribution in [3.05, 3.63) is 40.8 Å². The van der Waals surface area contributed by atoms with E-state index >= 15 is 0 Å². The van der Waals surface area contributed by atoms with Crippen LogP contribution in [-0.2, 0) is 6.54 Å². The summed E-state index contributed by atoms with van der Waals surface area (Å²) in [6, 6.07) is 4.30. The molecule has 0 aliphatic carbocycles. The molecule has 1 aliphatic rings. The van der Waals surface area contributed by atoms with E-state index in [4.69, 9.17) is 9.26 Å². The number of aryl methyl sites for hydroxylation is 2. The molecular weight excluding hydrogens is 372 g/mol. The van der Waals surface area contributed by atoms with Crippen molar-refractivity contribution >= 4 is 5.91 Å². The summed E-state index contributed by atoms with van der Waals surface area (Å²) in [6.07, 6.45) is 0. The largest absolute Gasteiger partial charge is 0.493 e. The molecule has 0 spiro atoms. The van der Waals surface area contributed by atoms with E-state index in [1.54, 1.807) is 11.0 Å². The molecule has 0 saturated carbocycles. The predicted molar refractivity (Wildman–Crippen MR) is 96.8 cm³/mol. The van der Waals surface area contributed by atoms with Crippen molar-refractivity contribution < 1.29 is 27.6 Å². The standard InChI is InChI=1S/C19H23F2N3O4/c1-12-15(13(2)28-22-12)11-23-6-8-24(9-7-23)18(25)14-4-5-16(26-3)17(10-14)27-19(20)21/h4-5,10,19H,6-9,11H2,1-3H3. The van der Waals surface area contributed by atoms with Crippen LogP contribution in [-0.4, -0.2) is 60.8 Å². The highest BCUT2D eigenvalue weighted by Crippen LogP contribution is 2.30. The first kappa shape index (κ1) is 20.1. The molecule has 0 unspecified atom stereocenters. The predicted octanol–water partition coefficient (Wildman–Crippen LogP) is 2.86. The molecule has 0 radical (unpaired) electrons. The van der Waals surface area contributed by atoms with Gasteiger partial charge in [0.05, 0.1) is 12.8 Å². The van der Waals surface area contributed by atoms with Gasteiger partial charge in [0, 0.05) is 43.9 Å². The van der Waals surface area contributed by atoms with Crippen LogP contribution in [0.5, 0.6) is 11.5 Å². The molecule has 1 aromatic heterocycles. The summed E-state index contributed by atoms with van der Waals surface area (Å²) in [4.78, 5) is 16.7. The van der Waals surface area contributed by atoms with Crippen LogP contribution in [0.25, 0.3) is 0 Å². The Morgan fingerprint density at radius 2 is 1.93 bits per heavy atom. The molecule has 1 aromatic carbocycles. The summed E-state index contributed by atoms with van der Waals surface area (Å²) in [7, 11) is 1.35. The van der Waals surface area contributed by atoms with Crippen LogP contribution >= 0.6 is 0 Å². The first-order valence-electron chi connectivity index (χ1n) is 8.95. The van der Waals surface area contributed by atoms with Gasteiger partial charge in [-0.1, -0.05) is 5.16 Å². The van der Waals surface area contributed by atoms with Gasteiger partial charge in [0.25, 0.3) is 5.91 Å². The van der Waals surface area contributed by atoms with E-state index in [0.29, 0.717) is 26.2 Å². The van der Waals surface area contributed by atoms with Crippen molar-refractivity contribution in [1.82, 2.24) is 15.0 Å². The smallest absolute Gasteiger partial charge is 0.387 e. The maximum Gasteiger partial charge on any atom is 0.387 e. The number of rotatable bonds is 6. The number of amides is 1. The summed E-state index contributed by atoms with van der Waals surface area (Å²) in [6.45, 7) is 4.01. The number of hydrogen-bond donors (Lipinski definition) is 0. The number of piperazine rings is 1. The number of hydrogen-bond acceptors (Lipinski definition) is 6. The molecule has 0 bridgehead atoms. The number of halogens is 2. The van der Waals surface area contributed by atoms with Crippen LogP contribution in [0.15, 0.2) is 22.7 Å². The molecule has 2 heterocycles. The molecule has 28 heavy (non-hydrogen) atoms. The highest BCUT2D eigenvalue weighted by molar-refractivity contribution is 5.95. The Morgan fingerprint density at radius 3 is 2.50 bits per heavy atom. The molecule has 1 aliphatic heterocycles. The van der Waals surface area contributed by atoms with Gasteiger partial charge in [-0.3, -0.25) is 9.69 Å². The zero-order chi connectivity index (χ0) is 20.3. The molecule has 7 nitrogen and oxygen atoms in total. The average molecular weight is 395 g/mol. The molecule has 1 saturated heterocycles. The summed E-state index contributed by atoms with van der Waals surface area (Å²) in [5.41, 5.74) is 2.24. The second kappa shape index (κ2) is 8.55. The van der Waals surface area contributed by atoms with Crippen molar-refractivity contribution in [1.29, 1.82) is 0 Å². The van der Waals surface area contributed by atoms with Gasteiger partial charge < -0.3 is 18.9 Å². The highest BCUT2D eigenvalue weighted by atomic mass is 19.3. The van der Waals surface area contributed by atoms with Crippen LogP contribution in [0.2, 0.25) is 0 Å². The Bertz CT molecular complexity index is 813. The van der Waals surface area contributed by atoms with Gasteiger partial charge >= 0.3 is 6.61 Å². The fourth-order valence-electron chi connectivity index (χ4n) is 3.24. The monoisotopic (exact) mass is 395 g/mol. The third kappa shape index (κ3) is 4.41. The number of methoxy groups -OCH3 is 1. The molecule has 9 heteroatoms. The summed E-state index contributed by atoms with van der Waals surface area (Å²) >= 11 is 0. The van der Waals surface area contributed by atoms with Crippen LogP contribution in [0.1, 0.15) is 27.4 Å². The maximum atomic E-state index is 12.8. The quantitative estimate of drug-likeness (QED) is 0.749. The Hall–Kier alpha value is -2.68. The SMILES string of the molecule is COc1ccc(C(=O)N2CCN(Cc3c(C)noc3C)CC2)cc1OC(F)F. The summed E-state index contributed by atoms with van der Waals surface area (Å²) in [5.74, 6) is 0.584. The molecule has 3 rings (SSSR count). The maximum absolute atomic E-state index is 12.8. The minimum Gasteiger partial charge on any atom is -0.493 e. The number of carbonyl (C=O) groups is 1. The van der Waals surface area contributed by atoms with Crippen molar-refractivity contribution in [3.8, 4) is 11.5 Å². The lowest BCUT2D eigenvalue weighted by molar-refractivity contribution is -0.0512. The molecule has 2 aromatic rings. The Balaban J connectivity index is 1.63. The first-order chi connectivity index (χ1) is 13.4. The lowest BCUT2D eigenvalue weighted by Gasteiger charge is -2.34. The number of carbonyl (C=O) groups excluding carboxylic acids is 1. The number of nitrogens with zero attached hydrogens (tertiary/aromatic N) is 3. The van der Waals surface area contributed by atoms with Gasteiger partial charge in [0.15, 0.2) is 11.5 Å². The fraction of sp³-hybridized carbons (Fsp3) is 0.474. The van der Waals surface area contributed by atoms with E-state index in [0.717, 1.165) is 23.6 Å². The molecule has 0 N–H and O–H groups in total. The lowest BCUT2D eigenvalue weighted by atomic mass is 10.1. The zero-order valence-corrected chi connectivity index (χ0v) is 16.1. The minimum atomic E-state index is -2.99. The molecule has 1 amide bonds. The highest BCUT2D eigenvalue weighted by Gasteiger charge is 2.25. The second-order valence-corrected chi connectivity index (χ2v) is 6.62. The van der Waals surface area contributed by atoms with Crippen LogP contribution in [0.3, 0.4) is 0 Å². The third-order valence-electron chi connectivity index (χ3n) is 4.85. The fourth-order valence-corrected chi connectivity index (χ4v) is 3.24. The minimum absolute atomic E-state index is 0.152. The molecular formula is C19H23F2N3O4. The zero-order valence-electron chi connectivity index (χ0n) is 16.1. The van der Waals surface area contributed by atoms with Crippen molar-refractivity contribution in [3.63, 3.8) is 0 Å². The first-order valence-corrected chi connectivity index (χ1v) is 8.95. The Kier molecular flexibility index (Phi) is 6.13. The van der Waals surface area contributed by atoms with E-state index in [-0.39, 0.29) is 23.0 Å². The molecule has 0 atom stereocenters. The van der Waals surface area contributed by atoms with Gasteiger partial charge in [0.2, 0.25) is 0 Å². The summed E-state index contributed by atoms with van der Waals surface area (Å²) < 4.78 is 39.8. The molecule has 1 fully saturated rings. The third-order valence-corrected chi connectivity index (χ3v) is 4.85. The Morgan fingerprint density at radius 1 is 1.21 bits per heavy atom. The number of alkyl halides is 2. The second-order valence-electron chi connectivity index (χ2n) is 6.62. The van der Waals surface area contributed by atoms with Gasteiger partial charge in [-0.25, -0.2) is 0 Å². The van der Waals surface area contributed by atoms with Gasteiger partial charge in [-0.15, -0.1) is 0 Å². The lowest BCUT2D eigenvalue weighted by Crippen LogP contribution is -2.48. The summed E-state index contributed by atoms with van der Waals surface area (Å²) in [5, 5.41) is 3.97.